The molecule has 1 unspecified atom stereocenters. The first kappa shape index (κ1) is 18.8. The minimum atomic E-state index is -2.92. The van der Waals surface area contributed by atoms with E-state index in [2.05, 4.69) is 4.74 Å². The summed E-state index contributed by atoms with van der Waals surface area (Å²) in [5.74, 6) is -0.705. The van der Waals surface area contributed by atoms with E-state index in [9.17, 15) is 18.4 Å². The van der Waals surface area contributed by atoms with Gasteiger partial charge in [0.25, 0.3) is 11.8 Å². The monoisotopic (exact) mass is 393 g/mol. The largest absolute Gasteiger partial charge is 0.435 e. The van der Waals surface area contributed by atoms with Crippen LogP contribution in [0.4, 0.5) is 8.78 Å². The molecule has 4 nitrogen and oxygen atoms in total. The SMILES string of the molecule is O=C1c2ccccc2C(=O)N1C(Cc1ccccc1)c1ccc(OC(F)F)cc1. The van der Waals surface area contributed by atoms with E-state index in [1.165, 1.54) is 17.0 Å². The molecule has 0 bridgehead atoms. The number of amides is 2. The second-order valence-corrected chi connectivity index (χ2v) is 6.68. The summed E-state index contributed by atoms with van der Waals surface area (Å²) in [5.41, 5.74) is 2.34. The molecule has 3 aromatic rings. The van der Waals surface area contributed by atoms with Crippen molar-refractivity contribution in [2.24, 2.45) is 0 Å². The average molecular weight is 393 g/mol. The Bertz CT molecular complexity index is 1000. The van der Waals surface area contributed by atoms with E-state index in [0.29, 0.717) is 23.1 Å². The first-order valence-corrected chi connectivity index (χ1v) is 9.10. The van der Waals surface area contributed by atoms with Crippen LogP contribution in [0.3, 0.4) is 0 Å². The van der Waals surface area contributed by atoms with Crippen molar-refractivity contribution in [1.82, 2.24) is 4.90 Å². The molecule has 146 valence electrons. The van der Waals surface area contributed by atoms with Crippen LogP contribution in [0, 0.1) is 0 Å². The molecule has 1 atom stereocenters. The maximum atomic E-state index is 13.0. The molecular weight excluding hydrogens is 376 g/mol. The van der Waals surface area contributed by atoms with Crippen LogP contribution in [0.5, 0.6) is 5.75 Å². The minimum absolute atomic E-state index is 0.0181. The Hall–Kier alpha value is -3.54. The van der Waals surface area contributed by atoms with E-state index < -0.39 is 12.7 Å². The second kappa shape index (κ2) is 7.83. The van der Waals surface area contributed by atoms with Gasteiger partial charge in [0.2, 0.25) is 0 Å². The van der Waals surface area contributed by atoms with E-state index in [0.717, 1.165) is 5.56 Å². The van der Waals surface area contributed by atoms with Gasteiger partial charge in [-0.25, -0.2) is 0 Å². The molecular formula is C23H17F2NO3. The zero-order valence-electron chi connectivity index (χ0n) is 15.3. The van der Waals surface area contributed by atoms with Crippen LogP contribution in [0.2, 0.25) is 0 Å². The average Bonchev–Trinajstić information content (AvgIpc) is 2.98. The molecule has 29 heavy (non-hydrogen) atoms. The number of hydrogen-bond donors (Lipinski definition) is 0. The fraction of sp³-hybridized carbons (Fsp3) is 0.130. The summed E-state index contributed by atoms with van der Waals surface area (Å²) in [7, 11) is 0. The van der Waals surface area contributed by atoms with Crippen LogP contribution in [0.25, 0.3) is 0 Å². The van der Waals surface area contributed by atoms with Crippen molar-refractivity contribution in [2.75, 3.05) is 0 Å². The molecule has 3 aromatic carbocycles. The lowest BCUT2D eigenvalue weighted by Crippen LogP contribution is -2.35. The zero-order chi connectivity index (χ0) is 20.4. The Balaban J connectivity index is 1.72. The van der Waals surface area contributed by atoms with Gasteiger partial charge in [0.05, 0.1) is 17.2 Å². The van der Waals surface area contributed by atoms with Crippen molar-refractivity contribution in [3.05, 3.63) is 101 Å². The third-order valence-electron chi connectivity index (χ3n) is 4.90. The third kappa shape index (κ3) is 3.74. The van der Waals surface area contributed by atoms with E-state index in [1.807, 2.05) is 30.3 Å². The van der Waals surface area contributed by atoms with Gasteiger partial charge in [0, 0.05) is 0 Å². The zero-order valence-corrected chi connectivity index (χ0v) is 15.3. The fourth-order valence-electron chi connectivity index (χ4n) is 3.56. The summed E-state index contributed by atoms with van der Waals surface area (Å²) in [4.78, 5) is 27.3. The second-order valence-electron chi connectivity index (χ2n) is 6.68. The molecule has 0 aliphatic carbocycles. The number of fused-ring (bicyclic) bond motifs is 1. The quantitative estimate of drug-likeness (QED) is 0.562. The number of benzene rings is 3. The van der Waals surface area contributed by atoms with E-state index >= 15 is 0 Å². The van der Waals surface area contributed by atoms with Crippen LogP contribution in [0.1, 0.15) is 37.9 Å². The van der Waals surface area contributed by atoms with Crippen molar-refractivity contribution in [2.45, 2.75) is 19.1 Å². The molecule has 2 amide bonds. The van der Waals surface area contributed by atoms with Gasteiger partial charge in [0.1, 0.15) is 5.75 Å². The van der Waals surface area contributed by atoms with Crippen molar-refractivity contribution < 1.29 is 23.1 Å². The van der Waals surface area contributed by atoms with Crippen molar-refractivity contribution >= 4 is 11.8 Å². The Morgan fingerprint density at radius 2 is 1.31 bits per heavy atom. The van der Waals surface area contributed by atoms with Crippen LogP contribution < -0.4 is 4.74 Å². The first-order chi connectivity index (χ1) is 14.0. The number of halogens is 2. The number of alkyl halides is 2. The van der Waals surface area contributed by atoms with Crippen LogP contribution in [0.15, 0.2) is 78.9 Å². The molecule has 0 aromatic heterocycles. The lowest BCUT2D eigenvalue weighted by molar-refractivity contribution is -0.0498. The van der Waals surface area contributed by atoms with Gasteiger partial charge in [-0.05, 0) is 41.8 Å². The van der Waals surface area contributed by atoms with Crippen LogP contribution >= 0.6 is 0 Å². The van der Waals surface area contributed by atoms with E-state index in [4.69, 9.17) is 0 Å². The van der Waals surface area contributed by atoms with E-state index in [-0.39, 0.29) is 17.6 Å². The summed E-state index contributed by atoms with van der Waals surface area (Å²) in [5, 5.41) is 0. The fourth-order valence-corrected chi connectivity index (χ4v) is 3.56. The van der Waals surface area contributed by atoms with Crippen LogP contribution in [-0.2, 0) is 6.42 Å². The Labute approximate surface area is 166 Å². The lowest BCUT2D eigenvalue weighted by Gasteiger charge is -2.27. The molecule has 0 N–H and O–H groups in total. The van der Waals surface area contributed by atoms with Gasteiger partial charge < -0.3 is 4.74 Å². The Morgan fingerprint density at radius 1 is 0.759 bits per heavy atom. The minimum Gasteiger partial charge on any atom is -0.435 e. The normalized spacial score (nSPS) is 14.2. The maximum absolute atomic E-state index is 13.0. The van der Waals surface area contributed by atoms with Crippen molar-refractivity contribution in [3.8, 4) is 5.75 Å². The smallest absolute Gasteiger partial charge is 0.387 e. The van der Waals surface area contributed by atoms with Gasteiger partial charge in [-0.2, -0.15) is 8.78 Å². The number of carbonyl (C=O) groups is 2. The number of nitrogens with zero attached hydrogens (tertiary/aromatic N) is 1. The van der Waals surface area contributed by atoms with Crippen molar-refractivity contribution in [1.29, 1.82) is 0 Å². The molecule has 1 aliphatic heterocycles. The van der Waals surface area contributed by atoms with Gasteiger partial charge >= 0.3 is 6.61 Å². The summed E-state index contributed by atoms with van der Waals surface area (Å²) in [6.45, 7) is -2.92. The summed E-state index contributed by atoms with van der Waals surface area (Å²) < 4.78 is 29.3. The molecule has 6 heteroatoms. The first-order valence-electron chi connectivity index (χ1n) is 9.10. The Morgan fingerprint density at radius 3 is 1.86 bits per heavy atom. The third-order valence-corrected chi connectivity index (χ3v) is 4.90. The number of imide groups is 1. The maximum Gasteiger partial charge on any atom is 0.387 e. The molecule has 0 saturated carbocycles. The van der Waals surface area contributed by atoms with Crippen molar-refractivity contribution in [3.63, 3.8) is 0 Å². The van der Waals surface area contributed by atoms with Gasteiger partial charge in [-0.1, -0.05) is 54.6 Å². The molecule has 0 saturated heterocycles. The highest BCUT2D eigenvalue weighted by atomic mass is 19.3. The molecule has 0 radical (unpaired) electrons. The Kier molecular flexibility index (Phi) is 5.08. The summed E-state index contributed by atoms with van der Waals surface area (Å²) in [6.07, 6.45) is 0.404. The summed E-state index contributed by atoms with van der Waals surface area (Å²) >= 11 is 0. The molecule has 0 fully saturated rings. The predicted molar refractivity (Wildman–Crippen MR) is 103 cm³/mol. The standard InChI is InChI=1S/C23H17F2NO3/c24-23(25)29-17-12-10-16(11-13-17)20(14-15-6-2-1-3-7-15)26-21(27)18-8-4-5-9-19(18)22(26)28/h1-13,20,23H,14H2. The lowest BCUT2D eigenvalue weighted by atomic mass is 9.97. The molecule has 1 aliphatic rings. The topological polar surface area (TPSA) is 46.6 Å². The van der Waals surface area contributed by atoms with Gasteiger partial charge in [-0.15, -0.1) is 0 Å². The van der Waals surface area contributed by atoms with Gasteiger partial charge in [0.15, 0.2) is 0 Å². The molecule has 4 rings (SSSR count). The molecule has 1 heterocycles. The number of rotatable bonds is 6. The highest BCUT2D eigenvalue weighted by Gasteiger charge is 2.40. The number of ether oxygens (including phenoxy) is 1. The van der Waals surface area contributed by atoms with Crippen LogP contribution in [-0.4, -0.2) is 23.3 Å². The summed E-state index contributed by atoms with van der Waals surface area (Å²) in [6, 6.07) is 21.7. The number of carbonyl (C=O) groups excluding carboxylic acids is 2. The predicted octanol–water partition coefficient (Wildman–Crippen LogP) is 4.87. The van der Waals surface area contributed by atoms with Gasteiger partial charge in [-0.3, -0.25) is 14.5 Å². The highest BCUT2D eigenvalue weighted by molar-refractivity contribution is 6.21. The highest BCUT2D eigenvalue weighted by Crippen LogP contribution is 2.34. The van der Waals surface area contributed by atoms with E-state index in [1.54, 1.807) is 36.4 Å². The molecule has 0 spiro atoms. The number of hydrogen-bond acceptors (Lipinski definition) is 3.